The number of benzene rings is 1. The van der Waals surface area contributed by atoms with Gasteiger partial charge in [0.25, 0.3) is 0 Å². The number of halogens is 2. The summed E-state index contributed by atoms with van der Waals surface area (Å²) >= 11 is 3.16. The monoisotopic (exact) mass is 273 g/mol. The highest BCUT2D eigenvalue weighted by molar-refractivity contribution is 9.10. The summed E-state index contributed by atoms with van der Waals surface area (Å²) in [6.07, 6.45) is 3.37. The van der Waals surface area contributed by atoms with Gasteiger partial charge in [-0.15, -0.1) is 0 Å². The second kappa shape index (κ2) is 6.23. The van der Waals surface area contributed by atoms with Crippen LogP contribution < -0.4 is 5.32 Å². The summed E-state index contributed by atoms with van der Waals surface area (Å²) in [5.41, 5.74) is 1.02. The minimum absolute atomic E-state index is 0.191. The van der Waals surface area contributed by atoms with Crippen LogP contribution in [0.5, 0.6) is 0 Å². The lowest BCUT2D eigenvalue weighted by Gasteiger charge is -2.16. The Morgan fingerprint density at radius 3 is 2.73 bits per heavy atom. The molecule has 0 aliphatic carbocycles. The molecule has 0 saturated heterocycles. The van der Waals surface area contributed by atoms with Crippen LogP contribution in [0.2, 0.25) is 0 Å². The number of unbranched alkanes of at least 4 members (excludes halogenated alkanes) is 1. The third-order valence-corrected chi connectivity index (χ3v) is 3.18. The normalized spacial score (nSPS) is 12.8. The van der Waals surface area contributed by atoms with Crippen LogP contribution in [0.25, 0.3) is 0 Å². The van der Waals surface area contributed by atoms with Gasteiger partial charge in [0.05, 0.1) is 4.47 Å². The molecule has 1 rings (SSSR count). The van der Waals surface area contributed by atoms with Crippen LogP contribution in [-0.4, -0.2) is 7.05 Å². The van der Waals surface area contributed by atoms with Crippen LogP contribution in [0.15, 0.2) is 22.7 Å². The van der Waals surface area contributed by atoms with Crippen LogP contribution in [0.4, 0.5) is 4.39 Å². The maximum absolute atomic E-state index is 13.3. The molecule has 1 aromatic carbocycles. The van der Waals surface area contributed by atoms with E-state index in [2.05, 4.69) is 28.2 Å². The Morgan fingerprint density at radius 2 is 2.20 bits per heavy atom. The van der Waals surface area contributed by atoms with Crippen molar-refractivity contribution in [3.8, 4) is 0 Å². The van der Waals surface area contributed by atoms with Crippen LogP contribution in [0.1, 0.15) is 37.8 Å². The first-order chi connectivity index (χ1) is 7.19. The Bertz CT molecular complexity index is 314. The summed E-state index contributed by atoms with van der Waals surface area (Å²) in [5.74, 6) is -0.191. The topological polar surface area (TPSA) is 12.0 Å². The Labute approximate surface area is 99.2 Å². The molecule has 1 unspecified atom stereocenters. The van der Waals surface area contributed by atoms with Gasteiger partial charge in [-0.25, -0.2) is 4.39 Å². The molecule has 0 aliphatic rings. The third-order valence-electron chi connectivity index (χ3n) is 2.54. The fourth-order valence-electron chi connectivity index (χ4n) is 1.62. The number of rotatable bonds is 5. The molecule has 0 aromatic heterocycles. The standard InChI is InChI=1S/C12H17BrFN/c1-3-4-5-12(15-2)9-6-7-10(13)11(14)8-9/h6-8,12,15H,3-5H2,1-2H3. The maximum atomic E-state index is 13.3. The van der Waals surface area contributed by atoms with E-state index >= 15 is 0 Å². The van der Waals surface area contributed by atoms with Gasteiger partial charge in [0.15, 0.2) is 0 Å². The van der Waals surface area contributed by atoms with Crippen molar-refractivity contribution in [1.82, 2.24) is 5.32 Å². The number of hydrogen-bond donors (Lipinski definition) is 1. The summed E-state index contributed by atoms with van der Waals surface area (Å²) in [7, 11) is 1.92. The number of hydrogen-bond acceptors (Lipinski definition) is 1. The molecule has 0 amide bonds. The van der Waals surface area contributed by atoms with Gasteiger partial charge < -0.3 is 5.32 Å². The van der Waals surface area contributed by atoms with E-state index in [0.29, 0.717) is 4.47 Å². The molecule has 0 spiro atoms. The molecule has 0 saturated carbocycles. The predicted molar refractivity (Wildman–Crippen MR) is 65.4 cm³/mol. The first-order valence-electron chi connectivity index (χ1n) is 5.31. The highest BCUT2D eigenvalue weighted by Crippen LogP contribution is 2.23. The van der Waals surface area contributed by atoms with Gasteiger partial charge in [-0.3, -0.25) is 0 Å². The maximum Gasteiger partial charge on any atom is 0.137 e. The highest BCUT2D eigenvalue weighted by atomic mass is 79.9. The summed E-state index contributed by atoms with van der Waals surface area (Å²) in [4.78, 5) is 0. The van der Waals surface area contributed by atoms with Gasteiger partial charge in [0, 0.05) is 6.04 Å². The molecule has 84 valence electrons. The molecule has 1 aromatic rings. The molecule has 15 heavy (non-hydrogen) atoms. The SMILES string of the molecule is CCCCC(NC)c1ccc(Br)c(F)c1. The van der Waals surface area contributed by atoms with Crippen molar-refractivity contribution in [1.29, 1.82) is 0 Å². The van der Waals surface area contributed by atoms with Crippen molar-refractivity contribution < 1.29 is 4.39 Å². The summed E-state index contributed by atoms with van der Waals surface area (Å²) in [6, 6.07) is 5.58. The zero-order chi connectivity index (χ0) is 11.3. The second-order valence-electron chi connectivity index (χ2n) is 3.66. The largest absolute Gasteiger partial charge is 0.313 e. The van der Waals surface area contributed by atoms with Gasteiger partial charge in [-0.1, -0.05) is 25.8 Å². The summed E-state index contributed by atoms with van der Waals surface area (Å²) in [5, 5.41) is 3.22. The third kappa shape index (κ3) is 3.58. The minimum Gasteiger partial charge on any atom is -0.313 e. The van der Waals surface area contributed by atoms with Gasteiger partial charge in [-0.2, -0.15) is 0 Å². The fraction of sp³-hybridized carbons (Fsp3) is 0.500. The van der Waals surface area contributed by atoms with E-state index in [1.807, 2.05) is 13.1 Å². The zero-order valence-corrected chi connectivity index (χ0v) is 10.8. The summed E-state index contributed by atoms with van der Waals surface area (Å²) < 4.78 is 13.8. The minimum atomic E-state index is -0.191. The lowest BCUT2D eigenvalue weighted by atomic mass is 10.0. The van der Waals surface area contributed by atoms with E-state index in [9.17, 15) is 4.39 Å². The van der Waals surface area contributed by atoms with E-state index in [0.717, 1.165) is 24.8 Å². The van der Waals surface area contributed by atoms with Crippen molar-refractivity contribution in [3.63, 3.8) is 0 Å². The van der Waals surface area contributed by atoms with Crippen LogP contribution in [-0.2, 0) is 0 Å². The lowest BCUT2D eigenvalue weighted by Crippen LogP contribution is -2.16. The molecule has 0 fully saturated rings. The van der Waals surface area contributed by atoms with Gasteiger partial charge in [0.2, 0.25) is 0 Å². The first-order valence-corrected chi connectivity index (χ1v) is 6.10. The predicted octanol–water partition coefficient (Wildman–Crippen LogP) is 4.04. The van der Waals surface area contributed by atoms with Gasteiger partial charge in [0.1, 0.15) is 5.82 Å². The average molecular weight is 274 g/mol. The molecule has 0 aliphatic heterocycles. The quantitative estimate of drug-likeness (QED) is 0.854. The van der Waals surface area contributed by atoms with Crippen LogP contribution in [0.3, 0.4) is 0 Å². The molecule has 0 radical (unpaired) electrons. The highest BCUT2D eigenvalue weighted by Gasteiger charge is 2.10. The molecule has 0 heterocycles. The molecule has 0 bridgehead atoms. The Kier molecular flexibility index (Phi) is 5.26. The molecular weight excluding hydrogens is 257 g/mol. The Hall–Kier alpha value is -0.410. The Morgan fingerprint density at radius 1 is 1.47 bits per heavy atom. The number of nitrogens with one attached hydrogen (secondary N) is 1. The zero-order valence-electron chi connectivity index (χ0n) is 9.19. The lowest BCUT2D eigenvalue weighted by molar-refractivity contribution is 0.517. The van der Waals surface area contributed by atoms with E-state index in [-0.39, 0.29) is 11.9 Å². The van der Waals surface area contributed by atoms with Crippen molar-refractivity contribution in [2.24, 2.45) is 0 Å². The fourth-order valence-corrected chi connectivity index (χ4v) is 1.86. The van der Waals surface area contributed by atoms with Crippen molar-refractivity contribution in [3.05, 3.63) is 34.1 Å². The van der Waals surface area contributed by atoms with E-state index in [1.165, 1.54) is 0 Å². The van der Waals surface area contributed by atoms with Gasteiger partial charge in [-0.05, 0) is 47.1 Å². The van der Waals surface area contributed by atoms with E-state index in [4.69, 9.17) is 0 Å². The van der Waals surface area contributed by atoms with E-state index in [1.54, 1.807) is 12.1 Å². The average Bonchev–Trinajstić information content (AvgIpc) is 2.24. The summed E-state index contributed by atoms with van der Waals surface area (Å²) in [6.45, 7) is 2.16. The van der Waals surface area contributed by atoms with Crippen LogP contribution >= 0.6 is 15.9 Å². The van der Waals surface area contributed by atoms with Crippen molar-refractivity contribution >= 4 is 15.9 Å². The molecular formula is C12H17BrFN. The molecule has 1 N–H and O–H groups in total. The smallest absolute Gasteiger partial charge is 0.137 e. The van der Waals surface area contributed by atoms with Crippen molar-refractivity contribution in [2.75, 3.05) is 7.05 Å². The van der Waals surface area contributed by atoms with E-state index < -0.39 is 0 Å². The van der Waals surface area contributed by atoms with Crippen molar-refractivity contribution in [2.45, 2.75) is 32.2 Å². The molecule has 1 nitrogen and oxygen atoms in total. The van der Waals surface area contributed by atoms with Crippen LogP contribution in [0, 0.1) is 5.82 Å². The molecule has 1 atom stereocenters. The first kappa shape index (κ1) is 12.7. The second-order valence-corrected chi connectivity index (χ2v) is 4.51. The Balaban J connectivity index is 2.78. The van der Waals surface area contributed by atoms with Gasteiger partial charge >= 0.3 is 0 Å². The molecule has 3 heteroatoms.